The molecule has 0 spiro atoms. The first-order chi connectivity index (χ1) is 16.4. The zero-order valence-electron chi connectivity index (χ0n) is 20.3. The Bertz CT molecular complexity index is 1150. The van der Waals surface area contributed by atoms with Gasteiger partial charge in [0.05, 0.1) is 0 Å². The van der Waals surface area contributed by atoms with Crippen molar-refractivity contribution in [2.24, 2.45) is 0 Å². The van der Waals surface area contributed by atoms with E-state index in [2.05, 4.69) is 37.9 Å². The van der Waals surface area contributed by atoms with Crippen LogP contribution >= 0.6 is 0 Å². The Morgan fingerprint density at radius 3 is 1.35 bits per heavy atom. The Balaban J connectivity index is 1.44. The molecule has 0 fully saturated rings. The molecule has 0 atom stereocenters. The molecule has 0 aliphatic heterocycles. The number of aromatic hydroxyl groups is 2. The molecule has 3 nitrogen and oxygen atoms in total. The zero-order valence-corrected chi connectivity index (χ0v) is 20.3. The van der Waals surface area contributed by atoms with Crippen LogP contribution in [0.25, 0.3) is 22.3 Å². The topological polar surface area (TPSA) is 43.7 Å². The van der Waals surface area contributed by atoms with Crippen molar-refractivity contribution in [2.45, 2.75) is 26.7 Å². The highest BCUT2D eigenvalue weighted by atomic mass is 16.3. The molecule has 174 valence electrons. The minimum atomic E-state index is 0.369. The van der Waals surface area contributed by atoms with E-state index in [-0.39, 0.29) is 0 Å². The largest absolute Gasteiger partial charge is 0.507 e. The summed E-state index contributed by atoms with van der Waals surface area (Å²) in [6.07, 6.45) is 1.53. The number of phenols is 2. The predicted molar refractivity (Wildman–Crippen MR) is 141 cm³/mol. The number of benzene rings is 4. The highest BCUT2D eigenvalue weighted by Crippen LogP contribution is 2.35. The molecular weight excluding hydrogens is 418 g/mol. The summed E-state index contributed by atoms with van der Waals surface area (Å²) in [5, 5.41) is 21.9. The van der Waals surface area contributed by atoms with E-state index in [1.165, 1.54) is 0 Å². The van der Waals surface area contributed by atoms with Gasteiger partial charge in [-0.25, -0.2) is 0 Å². The first kappa shape index (κ1) is 23.6. The predicted octanol–water partition coefficient (Wildman–Crippen LogP) is 6.77. The van der Waals surface area contributed by atoms with Gasteiger partial charge < -0.3 is 15.1 Å². The monoisotopic (exact) mass is 451 g/mol. The van der Waals surface area contributed by atoms with Crippen LogP contribution in [0.1, 0.15) is 22.3 Å². The normalized spacial score (nSPS) is 11.2. The molecular formula is C31H33NO2. The standard InChI is InChI=1S/C31H33NO2/c1-22-18-26(30(33)28(20-22)24-10-6-4-7-11-24)14-16-32(3)17-15-27-19-23(2)21-29(31(27)34)25-12-8-5-9-13-25/h4-13,18-21,33-34H,14-17H2,1-3H3. The highest BCUT2D eigenvalue weighted by molar-refractivity contribution is 5.73. The van der Waals surface area contributed by atoms with Crippen molar-refractivity contribution < 1.29 is 10.2 Å². The molecule has 0 unspecified atom stereocenters. The molecule has 0 saturated heterocycles. The molecule has 4 aromatic rings. The molecule has 3 heteroatoms. The van der Waals surface area contributed by atoms with Gasteiger partial charge in [-0.2, -0.15) is 0 Å². The lowest BCUT2D eigenvalue weighted by Gasteiger charge is -2.19. The molecule has 0 aliphatic carbocycles. The molecule has 4 aromatic carbocycles. The number of likely N-dealkylation sites (N-methyl/N-ethyl adjacent to an activating group) is 1. The van der Waals surface area contributed by atoms with E-state index < -0.39 is 0 Å². The molecule has 0 saturated carbocycles. The van der Waals surface area contributed by atoms with Crippen LogP contribution in [0.5, 0.6) is 11.5 Å². The summed E-state index contributed by atoms with van der Waals surface area (Å²) < 4.78 is 0. The van der Waals surface area contributed by atoms with E-state index in [1.54, 1.807) is 0 Å². The molecule has 4 rings (SSSR count). The second-order valence-corrected chi connectivity index (χ2v) is 9.18. The van der Waals surface area contributed by atoms with Crippen LogP contribution < -0.4 is 0 Å². The third-order valence-electron chi connectivity index (χ3n) is 6.36. The van der Waals surface area contributed by atoms with E-state index in [0.29, 0.717) is 11.5 Å². The van der Waals surface area contributed by atoms with E-state index in [0.717, 1.165) is 70.4 Å². The van der Waals surface area contributed by atoms with Crippen molar-refractivity contribution in [1.82, 2.24) is 4.90 Å². The number of nitrogens with zero attached hydrogens (tertiary/aromatic N) is 1. The molecule has 0 aliphatic rings. The maximum atomic E-state index is 10.9. The fourth-order valence-corrected chi connectivity index (χ4v) is 4.50. The molecule has 0 heterocycles. The molecule has 0 bridgehead atoms. The van der Waals surface area contributed by atoms with E-state index in [1.807, 2.05) is 72.8 Å². The second-order valence-electron chi connectivity index (χ2n) is 9.18. The maximum absolute atomic E-state index is 10.9. The van der Waals surface area contributed by atoms with E-state index in [9.17, 15) is 10.2 Å². The number of rotatable bonds is 8. The van der Waals surface area contributed by atoms with Crippen molar-refractivity contribution in [1.29, 1.82) is 0 Å². The number of hydrogen-bond donors (Lipinski definition) is 2. The van der Waals surface area contributed by atoms with Crippen LogP contribution in [0, 0.1) is 13.8 Å². The third kappa shape index (κ3) is 5.49. The van der Waals surface area contributed by atoms with Gasteiger partial charge in [0.2, 0.25) is 0 Å². The highest BCUT2D eigenvalue weighted by Gasteiger charge is 2.14. The van der Waals surface area contributed by atoms with Gasteiger partial charge in [-0.1, -0.05) is 72.8 Å². The lowest BCUT2D eigenvalue weighted by atomic mass is 9.96. The quantitative estimate of drug-likeness (QED) is 0.311. The molecule has 0 aromatic heterocycles. The minimum Gasteiger partial charge on any atom is -0.507 e. The number of hydrogen-bond acceptors (Lipinski definition) is 3. The van der Waals surface area contributed by atoms with E-state index >= 15 is 0 Å². The van der Waals surface area contributed by atoms with Crippen molar-refractivity contribution in [3.63, 3.8) is 0 Å². The van der Waals surface area contributed by atoms with Crippen molar-refractivity contribution >= 4 is 0 Å². The molecule has 0 radical (unpaired) electrons. The molecule has 34 heavy (non-hydrogen) atoms. The summed E-state index contributed by atoms with van der Waals surface area (Å²) in [7, 11) is 2.09. The summed E-state index contributed by atoms with van der Waals surface area (Å²) in [5.74, 6) is 0.739. The Morgan fingerprint density at radius 1 is 0.588 bits per heavy atom. The van der Waals surface area contributed by atoms with Gasteiger partial charge in [0.25, 0.3) is 0 Å². The van der Waals surface area contributed by atoms with Gasteiger partial charge in [-0.3, -0.25) is 0 Å². The van der Waals surface area contributed by atoms with Gasteiger partial charge in [0.1, 0.15) is 11.5 Å². The second kappa shape index (κ2) is 10.6. The Hall–Kier alpha value is -3.56. The summed E-state index contributed by atoms with van der Waals surface area (Å²) in [6, 6.07) is 28.3. The lowest BCUT2D eigenvalue weighted by molar-refractivity contribution is 0.338. The Kier molecular flexibility index (Phi) is 7.34. The minimum absolute atomic E-state index is 0.369. The van der Waals surface area contributed by atoms with Gasteiger partial charge in [-0.15, -0.1) is 0 Å². The van der Waals surface area contributed by atoms with Crippen LogP contribution in [0.3, 0.4) is 0 Å². The average Bonchev–Trinajstić information content (AvgIpc) is 2.85. The van der Waals surface area contributed by atoms with Crippen LogP contribution in [-0.4, -0.2) is 35.3 Å². The first-order valence-electron chi connectivity index (χ1n) is 11.9. The summed E-state index contributed by atoms with van der Waals surface area (Å²) in [4.78, 5) is 2.26. The van der Waals surface area contributed by atoms with Gasteiger partial charge in [-0.05, 0) is 79.3 Å². The molecule has 0 amide bonds. The summed E-state index contributed by atoms with van der Waals surface area (Å²) >= 11 is 0. The Labute approximate surface area is 203 Å². The number of aryl methyl sites for hydroxylation is 2. The summed E-state index contributed by atoms with van der Waals surface area (Å²) in [5.41, 5.74) is 8.06. The van der Waals surface area contributed by atoms with Crippen LogP contribution in [0.15, 0.2) is 84.9 Å². The SMILES string of the molecule is Cc1cc(CCN(C)CCc2cc(C)cc(-c3ccccc3)c2O)c(O)c(-c2ccccc2)c1. The van der Waals surface area contributed by atoms with Gasteiger partial charge >= 0.3 is 0 Å². The number of phenolic OH excluding ortho intramolecular Hbond substituents is 2. The van der Waals surface area contributed by atoms with Gasteiger partial charge in [0, 0.05) is 24.2 Å². The van der Waals surface area contributed by atoms with Crippen molar-refractivity contribution in [2.75, 3.05) is 20.1 Å². The van der Waals surface area contributed by atoms with Crippen molar-refractivity contribution in [3.8, 4) is 33.8 Å². The molecule has 2 N–H and O–H groups in total. The fraction of sp³-hybridized carbons (Fsp3) is 0.226. The zero-order chi connectivity index (χ0) is 24.1. The van der Waals surface area contributed by atoms with E-state index in [4.69, 9.17) is 0 Å². The fourth-order valence-electron chi connectivity index (χ4n) is 4.50. The van der Waals surface area contributed by atoms with Gasteiger partial charge in [0.15, 0.2) is 0 Å². The van der Waals surface area contributed by atoms with Crippen LogP contribution in [0.2, 0.25) is 0 Å². The smallest absolute Gasteiger partial charge is 0.126 e. The maximum Gasteiger partial charge on any atom is 0.126 e. The first-order valence-corrected chi connectivity index (χ1v) is 11.9. The summed E-state index contributed by atoms with van der Waals surface area (Å²) in [6.45, 7) is 5.79. The Morgan fingerprint density at radius 2 is 0.971 bits per heavy atom. The average molecular weight is 452 g/mol. The third-order valence-corrected chi connectivity index (χ3v) is 6.36. The van der Waals surface area contributed by atoms with Crippen LogP contribution in [0.4, 0.5) is 0 Å². The van der Waals surface area contributed by atoms with Crippen LogP contribution in [-0.2, 0) is 12.8 Å². The lowest BCUT2D eigenvalue weighted by Crippen LogP contribution is -2.24. The van der Waals surface area contributed by atoms with Crippen molar-refractivity contribution in [3.05, 3.63) is 107 Å².